The molecule has 0 spiro atoms. The number of aromatic amines is 1. The maximum absolute atomic E-state index is 12.0. The summed E-state index contributed by atoms with van der Waals surface area (Å²) in [4.78, 5) is 20.2. The molecule has 0 aliphatic carbocycles. The molecule has 1 aromatic carbocycles. The molecule has 7 nitrogen and oxygen atoms in total. The van der Waals surface area contributed by atoms with Gasteiger partial charge >= 0.3 is 0 Å². The van der Waals surface area contributed by atoms with E-state index in [2.05, 4.69) is 25.5 Å². The predicted molar refractivity (Wildman–Crippen MR) is 81.0 cm³/mol. The van der Waals surface area contributed by atoms with Crippen LogP contribution >= 0.6 is 11.3 Å². The first-order valence-electron chi connectivity index (χ1n) is 6.13. The van der Waals surface area contributed by atoms with Crippen LogP contribution < -0.4 is 11.1 Å². The van der Waals surface area contributed by atoms with E-state index in [0.29, 0.717) is 22.3 Å². The Balaban J connectivity index is 1.82. The van der Waals surface area contributed by atoms with Crippen molar-refractivity contribution in [1.29, 1.82) is 0 Å². The van der Waals surface area contributed by atoms with Crippen molar-refractivity contribution >= 4 is 28.1 Å². The van der Waals surface area contributed by atoms with Crippen LogP contribution in [0.1, 0.15) is 16.3 Å². The van der Waals surface area contributed by atoms with Crippen molar-refractivity contribution in [3.63, 3.8) is 0 Å². The number of nitrogen functional groups attached to an aromatic ring is 1. The first kappa shape index (κ1) is 13.3. The summed E-state index contributed by atoms with van der Waals surface area (Å²) in [5.41, 5.74) is 7.28. The van der Waals surface area contributed by atoms with Gasteiger partial charge in [-0.25, -0.2) is 9.97 Å². The van der Waals surface area contributed by atoms with E-state index in [9.17, 15) is 4.79 Å². The van der Waals surface area contributed by atoms with Gasteiger partial charge in [-0.15, -0.1) is 11.3 Å². The average molecular weight is 300 g/mol. The molecule has 3 aromatic rings. The summed E-state index contributed by atoms with van der Waals surface area (Å²) >= 11 is 1.23. The highest BCUT2D eigenvalue weighted by Gasteiger charge is 2.11. The summed E-state index contributed by atoms with van der Waals surface area (Å²) in [6.07, 6.45) is 0. The molecule has 0 saturated carbocycles. The van der Waals surface area contributed by atoms with Gasteiger partial charge in [0.05, 0.1) is 0 Å². The average Bonchev–Trinajstić information content (AvgIpc) is 3.08. The van der Waals surface area contributed by atoms with Crippen molar-refractivity contribution in [3.05, 3.63) is 41.2 Å². The van der Waals surface area contributed by atoms with Crippen LogP contribution in [-0.4, -0.2) is 26.1 Å². The van der Waals surface area contributed by atoms with Crippen LogP contribution in [0.25, 0.3) is 11.4 Å². The fraction of sp³-hybridized carbons (Fsp3) is 0.0769. The predicted octanol–water partition coefficient (Wildman–Crippen LogP) is 2.07. The van der Waals surface area contributed by atoms with Crippen molar-refractivity contribution in [1.82, 2.24) is 20.2 Å². The number of aromatic nitrogens is 4. The highest BCUT2D eigenvalue weighted by molar-refractivity contribution is 7.13. The number of anilines is 2. The summed E-state index contributed by atoms with van der Waals surface area (Å²) in [6.45, 7) is 1.83. The van der Waals surface area contributed by atoms with Crippen LogP contribution in [0.4, 0.5) is 10.8 Å². The molecule has 8 heteroatoms. The van der Waals surface area contributed by atoms with E-state index in [4.69, 9.17) is 5.73 Å². The quantitative estimate of drug-likeness (QED) is 0.686. The lowest BCUT2D eigenvalue weighted by Gasteiger charge is -2.04. The molecule has 1 amide bonds. The Hall–Kier alpha value is -2.74. The van der Waals surface area contributed by atoms with Gasteiger partial charge in [-0.05, 0) is 19.1 Å². The Labute approximate surface area is 124 Å². The van der Waals surface area contributed by atoms with Crippen LogP contribution in [0.2, 0.25) is 0 Å². The monoisotopic (exact) mass is 300 g/mol. The number of hydrogen-bond acceptors (Lipinski definition) is 6. The van der Waals surface area contributed by atoms with Gasteiger partial charge in [0, 0.05) is 16.6 Å². The molecule has 0 unspecified atom stereocenters. The fourth-order valence-electron chi connectivity index (χ4n) is 1.79. The Morgan fingerprint density at radius 3 is 2.90 bits per heavy atom. The molecule has 0 aliphatic rings. The molecule has 21 heavy (non-hydrogen) atoms. The molecule has 0 radical (unpaired) electrons. The molecule has 0 aliphatic heterocycles. The van der Waals surface area contributed by atoms with Crippen molar-refractivity contribution in [3.8, 4) is 11.4 Å². The lowest BCUT2D eigenvalue weighted by atomic mass is 10.2. The van der Waals surface area contributed by atoms with Crippen molar-refractivity contribution in [2.75, 3.05) is 11.1 Å². The second-order valence-corrected chi connectivity index (χ2v) is 5.24. The van der Waals surface area contributed by atoms with Crippen LogP contribution in [0.5, 0.6) is 0 Å². The number of rotatable bonds is 3. The van der Waals surface area contributed by atoms with E-state index in [1.807, 2.05) is 19.1 Å². The minimum atomic E-state index is -0.300. The largest absolute Gasteiger partial charge is 0.375 e. The zero-order valence-electron chi connectivity index (χ0n) is 11.1. The van der Waals surface area contributed by atoms with E-state index in [1.165, 1.54) is 11.3 Å². The zero-order chi connectivity index (χ0) is 14.8. The summed E-state index contributed by atoms with van der Waals surface area (Å²) in [6, 6.07) is 7.29. The van der Waals surface area contributed by atoms with E-state index in [0.717, 1.165) is 11.4 Å². The number of nitrogens with two attached hydrogens (primary N) is 1. The van der Waals surface area contributed by atoms with Crippen LogP contribution in [0, 0.1) is 6.92 Å². The third kappa shape index (κ3) is 2.90. The highest BCUT2D eigenvalue weighted by atomic mass is 32.1. The van der Waals surface area contributed by atoms with E-state index >= 15 is 0 Å². The van der Waals surface area contributed by atoms with Crippen LogP contribution in [0.15, 0.2) is 29.6 Å². The lowest BCUT2D eigenvalue weighted by molar-refractivity contribution is 0.102. The van der Waals surface area contributed by atoms with Gasteiger partial charge in [0.1, 0.15) is 11.5 Å². The summed E-state index contributed by atoms with van der Waals surface area (Å²) in [7, 11) is 0. The number of hydrogen-bond donors (Lipinski definition) is 3. The number of amides is 1. The lowest BCUT2D eigenvalue weighted by Crippen LogP contribution is -2.12. The van der Waals surface area contributed by atoms with Gasteiger partial charge in [-0.3, -0.25) is 9.89 Å². The first-order valence-corrected chi connectivity index (χ1v) is 7.01. The van der Waals surface area contributed by atoms with Crippen LogP contribution in [0.3, 0.4) is 0 Å². The van der Waals surface area contributed by atoms with Gasteiger partial charge < -0.3 is 11.1 Å². The maximum Gasteiger partial charge on any atom is 0.275 e. The maximum atomic E-state index is 12.0. The van der Waals surface area contributed by atoms with Gasteiger partial charge in [-0.1, -0.05) is 12.1 Å². The molecule has 0 bridgehead atoms. The first-order chi connectivity index (χ1) is 10.1. The molecule has 0 atom stereocenters. The third-order valence-electron chi connectivity index (χ3n) is 2.73. The van der Waals surface area contributed by atoms with Crippen molar-refractivity contribution in [2.45, 2.75) is 6.92 Å². The topological polar surface area (TPSA) is 110 Å². The molecule has 106 valence electrons. The van der Waals surface area contributed by atoms with Crippen molar-refractivity contribution < 1.29 is 4.79 Å². The smallest absolute Gasteiger partial charge is 0.275 e. The van der Waals surface area contributed by atoms with Crippen LogP contribution in [-0.2, 0) is 0 Å². The molecule has 4 N–H and O–H groups in total. The molecule has 0 fully saturated rings. The minimum Gasteiger partial charge on any atom is -0.375 e. The normalized spacial score (nSPS) is 10.5. The van der Waals surface area contributed by atoms with Crippen molar-refractivity contribution in [2.24, 2.45) is 0 Å². The number of aryl methyl sites for hydroxylation is 1. The Bertz CT molecular complexity index is 793. The van der Waals surface area contributed by atoms with E-state index < -0.39 is 0 Å². The molecular formula is C13H12N6OS. The number of nitrogens with one attached hydrogen (secondary N) is 2. The number of carbonyl (C=O) groups is 1. The molecule has 3 rings (SSSR count). The summed E-state index contributed by atoms with van der Waals surface area (Å²) in [5, 5.41) is 11.6. The van der Waals surface area contributed by atoms with E-state index in [1.54, 1.807) is 17.5 Å². The number of benzene rings is 1. The fourth-order valence-corrected chi connectivity index (χ4v) is 2.34. The van der Waals surface area contributed by atoms with Gasteiger partial charge in [0.25, 0.3) is 5.91 Å². The van der Waals surface area contributed by atoms with Gasteiger partial charge in [0.15, 0.2) is 11.0 Å². The number of thiazole rings is 1. The minimum absolute atomic E-state index is 0.300. The molecular weight excluding hydrogens is 288 g/mol. The number of H-pyrrole nitrogens is 1. The Morgan fingerprint density at radius 1 is 1.38 bits per heavy atom. The molecule has 0 saturated heterocycles. The molecule has 2 heterocycles. The number of carbonyl (C=O) groups excluding carboxylic acids is 1. The molecule has 2 aromatic heterocycles. The second kappa shape index (κ2) is 5.33. The summed E-state index contributed by atoms with van der Waals surface area (Å²) in [5.74, 6) is 1.02. The van der Waals surface area contributed by atoms with Gasteiger partial charge in [-0.2, -0.15) is 5.10 Å². The second-order valence-electron chi connectivity index (χ2n) is 4.35. The highest BCUT2D eigenvalue weighted by Crippen LogP contribution is 2.20. The zero-order valence-corrected chi connectivity index (χ0v) is 11.9. The third-order valence-corrected chi connectivity index (χ3v) is 3.40. The van der Waals surface area contributed by atoms with Gasteiger partial charge in [0.2, 0.25) is 0 Å². The van der Waals surface area contributed by atoms with E-state index in [-0.39, 0.29) is 5.91 Å². The Kier molecular flexibility index (Phi) is 3.36. The Morgan fingerprint density at radius 2 is 2.24 bits per heavy atom. The summed E-state index contributed by atoms with van der Waals surface area (Å²) < 4.78 is 0. The SMILES string of the molecule is Cc1nc(-c2cccc(NC(=O)c3csc(N)n3)c2)n[nH]1. The standard InChI is InChI=1S/C13H12N6OS/c1-7-15-11(19-18-7)8-3-2-4-9(5-8)16-12(20)10-6-21-13(14)17-10/h2-6H,1H3,(H2,14,17)(H,16,20)(H,15,18,19). The number of nitrogens with zero attached hydrogens (tertiary/aromatic N) is 3.